The lowest BCUT2D eigenvalue weighted by Crippen LogP contribution is -1.94. The molecule has 0 heterocycles. The zero-order valence-corrected chi connectivity index (χ0v) is 10.3. The van der Waals surface area contributed by atoms with Crippen LogP contribution < -0.4 is 4.74 Å². The number of ether oxygens (including phenoxy) is 1. The molecule has 0 atom stereocenters. The van der Waals surface area contributed by atoms with Crippen LogP contribution >= 0.6 is 15.9 Å². The molecular weight excluding hydrogens is 260 g/mol. The number of phenolic OH excluding ortho intramolecular Hbond substituents is 1. The summed E-state index contributed by atoms with van der Waals surface area (Å²) < 4.78 is 5.93. The summed E-state index contributed by atoms with van der Waals surface area (Å²) in [6, 6.07) is 1.78. The van der Waals surface area contributed by atoms with E-state index in [9.17, 15) is 9.90 Å². The van der Waals surface area contributed by atoms with E-state index in [2.05, 4.69) is 15.9 Å². The maximum atomic E-state index is 10.3. The Morgan fingerprint density at radius 1 is 1.60 bits per heavy atom. The molecule has 15 heavy (non-hydrogen) atoms. The van der Waals surface area contributed by atoms with Crippen LogP contribution in [0.15, 0.2) is 10.5 Å². The lowest BCUT2D eigenvalue weighted by atomic mass is 10.0. The molecule has 0 spiro atoms. The van der Waals surface area contributed by atoms with E-state index in [4.69, 9.17) is 4.74 Å². The predicted octanol–water partition coefficient (Wildman–Crippen LogP) is 2.60. The van der Waals surface area contributed by atoms with Crippen molar-refractivity contribution < 1.29 is 14.6 Å². The Kier molecular flexibility index (Phi) is 4.15. The zero-order valence-electron chi connectivity index (χ0n) is 8.71. The van der Waals surface area contributed by atoms with E-state index in [1.54, 1.807) is 20.1 Å². The van der Waals surface area contributed by atoms with Gasteiger partial charge in [0.25, 0.3) is 0 Å². The van der Waals surface area contributed by atoms with Crippen molar-refractivity contribution >= 4 is 22.2 Å². The van der Waals surface area contributed by atoms with Crippen LogP contribution in [0.5, 0.6) is 11.5 Å². The molecule has 1 aromatic rings. The van der Waals surface area contributed by atoms with Gasteiger partial charge < -0.3 is 14.6 Å². The molecule has 0 amide bonds. The molecule has 0 saturated carbocycles. The van der Waals surface area contributed by atoms with Crippen molar-refractivity contribution in [3.63, 3.8) is 0 Å². The Morgan fingerprint density at radius 3 is 2.80 bits per heavy atom. The van der Waals surface area contributed by atoms with Crippen LogP contribution in [0.2, 0.25) is 0 Å². The standard InChI is InChI=1S/C11H13BrO3/c1-7-10(14)8(4-3-5-13)6-9(12)11(7)15-2/h5-6,14H,3-4H2,1-2H3. The fourth-order valence-corrected chi connectivity index (χ4v) is 2.21. The van der Waals surface area contributed by atoms with Gasteiger partial charge in [0, 0.05) is 12.0 Å². The summed E-state index contributed by atoms with van der Waals surface area (Å²) in [4.78, 5) is 10.3. The van der Waals surface area contributed by atoms with E-state index in [0.29, 0.717) is 24.2 Å². The third-order valence-electron chi connectivity index (χ3n) is 2.25. The monoisotopic (exact) mass is 272 g/mol. The normalized spacial score (nSPS) is 10.1. The molecule has 0 bridgehead atoms. The minimum absolute atomic E-state index is 0.205. The van der Waals surface area contributed by atoms with Crippen molar-refractivity contribution in [2.45, 2.75) is 19.8 Å². The first kappa shape index (κ1) is 12.0. The highest BCUT2D eigenvalue weighted by molar-refractivity contribution is 9.10. The second kappa shape index (κ2) is 5.16. The highest BCUT2D eigenvalue weighted by Crippen LogP contribution is 2.37. The fourth-order valence-electron chi connectivity index (χ4n) is 1.47. The van der Waals surface area contributed by atoms with Gasteiger partial charge >= 0.3 is 0 Å². The maximum Gasteiger partial charge on any atom is 0.139 e. The van der Waals surface area contributed by atoms with Crippen molar-refractivity contribution in [1.29, 1.82) is 0 Å². The summed E-state index contributed by atoms with van der Waals surface area (Å²) in [5, 5.41) is 9.84. The van der Waals surface area contributed by atoms with Gasteiger partial charge in [0.15, 0.2) is 0 Å². The largest absolute Gasteiger partial charge is 0.507 e. The van der Waals surface area contributed by atoms with E-state index >= 15 is 0 Å². The molecule has 3 nitrogen and oxygen atoms in total. The summed E-state index contributed by atoms with van der Waals surface area (Å²) in [6.45, 7) is 1.78. The van der Waals surface area contributed by atoms with Gasteiger partial charge in [-0.15, -0.1) is 0 Å². The van der Waals surface area contributed by atoms with Crippen molar-refractivity contribution in [2.24, 2.45) is 0 Å². The molecule has 1 rings (SSSR count). The molecule has 0 aliphatic rings. The highest BCUT2D eigenvalue weighted by Gasteiger charge is 2.13. The number of phenols is 1. The average Bonchev–Trinajstić information content (AvgIpc) is 2.22. The van der Waals surface area contributed by atoms with Crippen LogP contribution in [0, 0.1) is 6.92 Å². The summed E-state index contributed by atoms with van der Waals surface area (Å²) in [6.07, 6.45) is 1.79. The first-order chi connectivity index (χ1) is 7.11. The zero-order chi connectivity index (χ0) is 11.4. The third kappa shape index (κ3) is 2.50. The van der Waals surface area contributed by atoms with Crippen molar-refractivity contribution in [3.05, 3.63) is 21.7 Å². The van der Waals surface area contributed by atoms with Crippen LogP contribution in [0.4, 0.5) is 0 Å². The Bertz CT molecular complexity index is 375. The Morgan fingerprint density at radius 2 is 2.27 bits per heavy atom. The molecule has 1 N–H and O–H groups in total. The molecule has 0 aliphatic carbocycles. The number of aromatic hydroxyl groups is 1. The number of benzene rings is 1. The summed E-state index contributed by atoms with van der Waals surface area (Å²) >= 11 is 3.36. The molecule has 0 unspecified atom stereocenters. The van der Waals surface area contributed by atoms with Gasteiger partial charge in [0.1, 0.15) is 17.8 Å². The van der Waals surface area contributed by atoms with E-state index in [-0.39, 0.29) is 5.75 Å². The van der Waals surface area contributed by atoms with Crippen LogP contribution in [-0.4, -0.2) is 18.5 Å². The fraction of sp³-hybridized carbons (Fsp3) is 0.364. The number of hydrogen-bond acceptors (Lipinski definition) is 3. The Labute approximate surface area is 97.2 Å². The van der Waals surface area contributed by atoms with E-state index in [1.165, 1.54) is 0 Å². The van der Waals surface area contributed by atoms with Crippen LogP contribution in [0.3, 0.4) is 0 Å². The van der Waals surface area contributed by atoms with Crippen molar-refractivity contribution in [1.82, 2.24) is 0 Å². The summed E-state index contributed by atoms with van der Waals surface area (Å²) in [5.41, 5.74) is 1.44. The number of aryl methyl sites for hydroxylation is 1. The number of hydrogen-bond donors (Lipinski definition) is 1. The van der Waals surface area contributed by atoms with Crippen molar-refractivity contribution in [2.75, 3.05) is 7.11 Å². The van der Waals surface area contributed by atoms with Crippen LogP contribution in [-0.2, 0) is 11.2 Å². The third-order valence-corrected chi connectivity index (χ3v) is 2.84. The number of aldehydes is 1. The van der Waals surface area contributed by atoms with Gasteiger partial charge in [0.05, 0.1) is 11.6 Å². The first-order valence-corrected chi connectivity index (χ1v) is 5.39. The SMILES string of the molecule is COc1c(Br)cc(CCC=O)c(O)c1C. The lowest BCUT2D eigenvalue weighted by molar-refractivity contribution is -0.107. The van der Waals surface area contributed by atoms with E-state index < -0.39 is 0 Å². The number of halogens is 1. The smallest absolute Gasteiger partial charge is 0.139 e. The van der Waals surface area contributed by atoms with Gasteiger partial charge in [0.2, 0.25) is 0 Å². The summed E-state index contributed by atoms with van der Waals surface area (Å²) in [7, 11) is 1.55. The molecule has 0 aliphatic heterocycles. The molecule has 1 aromatic carbocycles. The van der Waals surface area contributed by atoms with Gasteiger partial charge in [-0.3, -0.25) is 0 Å². The van der Waals surface area contributed by atoms with Gasteiger partial charge in [-0.1, -0.05) is 0 Å². The second-order valence-electron chi connectivity index (χ2n) is 3.23. The molecule has 82 valence electrons. The van der Waals surface area contributed by atoms with Gasteiger partial charge in [-0.25, -0.2) is 0 Å². The minimum Gasteiger partial charge on any atom is -0.507 e. The summed E-state index contributed by atoms with van der Waals surface area (Å²) in [5.74, 6) is 0.833. The Balaban J connectivity index is 3.15. The topological polar surface area (TPSA) is 46.5 Å². The first-order valence-electron chi connectivity index (χ1n) is 4.60. The van der Waals surface area contributed by atoms with E-state index in [0.717, 1.165) is 16.3 Å². The molecule has 0 aromatic heterocycles. The van der Waals surface area contributed by atoms with Crippen molar-refractivity contribution in [3.8, 4) is 11.5 Å². The van der Waals surface area contributed by atoms with Crippen LogP contribution in [0.25, 0.3) is 0 Å². The molecular formula is C11H13BrO3. The van der Waals surface area contributed by atoms with Crippen LogP contribution in [0.1, 0.15) is 17.5 Å². The molecule has 0 fully saturated rings. The Hall–Kier alpha value is -1.03. The second-order valence-corrected chi connectivity index (χ2v) is 4.08. The molecule has 0 saturated heterocycles. The van der Waals surface area contributed by atoms with Gasteiger partial charge in [-0.05, 0) is 40.9 Å². The number of rotatable bonds is 4. The lowest BCUT2D eigenvalue weighted by Gasteiger charge is -2.12. The molecule has 4 heteroatoms. The molecule has 0 radical (unpaired) electrons. The maximum absolute atomic E-state index is 10.3. The quantitative estimate of drug-likeness (QED) is 0.858. The predicted molar refractivity (Wildman–Crippen MR) is 61.5 cm³/mol. The van der Waals surface area contributed by atoms with E-state index in [1.807, 2.05) is 0 Å². The number of carbonyl (C=O) groups is 1. The van der Waals surface area contributed by atoms with Gasteiger partial charge in [-0.2, -0.15) is 0 Å². The average molecular weight is 273 g/mol. The minimum atomic E-state index is 0.205. The number of methoxy groups -OCH3 is 1. The number of carbonyl (C=O) groups excluding carboxylic acids is 1. The highest BCUT2D eigenvalue weighted by atomic mass is 79.9.